The number of aliphatic hydroxyl groups is 1. The van der Waals surface area contributed by atoms with Crippen molar-refractivity contribution in [1.29, 1.82) is 0 Å². The van der Waals surface area contributed by atoms with Crippen LogP contribution in [0.1, 0.15) is 66.2 Å². The van der Waals surface area contributed by atoms with Gasteiger partial charge in [0.2, 0.25) is 0 Å². The van der Waals surface area contributed by atoms with Gasteiger partial charge in [0.1, 0.15) is 6.10 Å². The molecule has 7 atom stereocenters. The summed E-state index contributed by atoms with van der Waals surface area (Å²) in [6, 6.07) is 0. The van der Waals surface area contributed by atoms with Gasteiger partial charge in [0.25, 0.3) is 0 Å². The lowest BCUT2D eigenvalue weighted by molar-refractivity contribution is -0.233. The molecule has 4 saturated carbocycles. The summed E-state index contributed by atoms with van der Waals surface area (Å²) in [7, 11) is 0. The van der Waals surface area contributed by atoms with Crippen LogP contribution in [0.5, 0.6) is 0 Å². The monoisotopic (exact) mass is 360 g/mol. The average molecular weight is 360 g/mol. The third-order valence-corrected chi connectivity index (χ3v) is 8.71. The van der Waals surface area contributed by atoms with Gasteiger partial charge in [0, 0.05) is 12.8 Å². The van der Waals surface area contributed by atoms with Crippen molar-refractivity contribution in [2.75, 3.05) is 0 Å². The van der Waals surface area contributed by atoms with Gasteiger partial charge in [0.05, 0.1) is 11.5 Å². The Morgan fingerprint density at radius 3 is 2.54 bits per heavy atom. The highest BCUT2D eigenvalue weighted by Gasteiger charge is 2.74. The van der Waals surface area contributed by atoms with E-state index in [1.807, 2.05) is 0 Å². The van der Waals surface area contributed by atoms with Crippen molar-refractivity contribution >= 4 is 11.8 Å². The molecule has 4 aliphatic carbocycles. The Hall–Kier alpha value is -1.16. The lowest BCUT2D eigenvalue weighted by Crippen LogP contribution is -2.67. The normalized spacial score (nSPS) is 49.3. The second-order valence-electron chi connectivity index (χ2n) is 10.2. The van der Waals surface area contributed by atoms with Crippen LogP contribution in [0.2, 0.25) is 0 Å². The van der Waals surface area contributed by atoms with E-state index in [2.05, 4.69) is 27.4 Å². The van der Waals surface area contributed by atoms with Crippen molar-refractivity contribution in [3.63, 3.8) is 0 Å². The van der Waals surface area contributed by atoms with Gasteiger partial charge in [-0.2, -0.15) is 0 Å². The molecule has 4 rings (SSSR count). The molecule has 0 aliphatic heterocycles. The summed E-state index contributed by atoms with van der Waals surface area (Å²) in [5.74, 6) is -0.134. The zero-order chi connectivity index (χ0) is 19.1. The van der Waals surface area contributed by atoms with Crippen molar-refractivity contribution in [2.24, 2.45) is 34.0 Å². The Labute approximate surface area is 156 Å². The molecule has 0 amide bonds. The zero-order valence-electron chi connectivity index (χ0n) is 16.5. The number of ether oxygens (including phenoxy) is 1. The summed E-state index contributed by atoms with van der Waals surface area (Å²) in [5, 5.41) is 11.3. The van der Waals surface area contributed by atoms with Crippen LogP contribution in [0.3, 0.4) is 0 Å². The quantitative estimate of drug-likeness (QED) is 0.572. The molecule has 7 unspecified atom stereocenters. The van der Waals surface area contributed by atoms with Gasteiger partial charge in [-0.05, 0) is 60.3 Å². The van der Waals surface area contributed by atoms with Crippen molar-refractivity contribution in [3.05, 3.63) is 12.2 Å². The molecule has 4 nitrogen and oxygen atoms in total. The zero-order valence-corrected chi connectivity index (χ0v) is 16.5. The Bertz CT molecular complexity index is 680. The Morgan fingerprint density at radius 1 is 1.19 bits per heavy atom. The number of Topliss-reactive ketones (excluding diaryl/α,β-unsaturated/α-hetero) is 1. The maximum absolute atomic E-state index is 13.5. The third-order valence-electron chi connectivity index (χ3n) is 8.71. The maximum Gasteiger partial charge on any atom is 0.302 e. The highest BCUT2D eigenvalue weighted by Crippen LogP contribution is 2.71. The fourth-order valence-electron chi connectivity index (χ4n) is 7.75. The molecule has 4 heteroatoms. The number of fused-ring (bicyclic) bond motifs is 3. The number of aliphatic hydroxyl groups excluding tert-OH is 1. The molecule has 0 aromatic carbocycles. The van der Waals surface area contributed by atoms with Gasteiger partial charge in [0.15, 0.2) is 5.78 Å². The van der Waals surface area contributed by atoms with Crippen LogP contribution in [0.4, 0.5) is 0 Å². The molecule has 26 heavy (non-hydrogen) atoms. The van der Waals surface area contributed by atoms with E-state index in [1.165, 1.54) is 6.92 Å². The van der Waals surface area contributed by atoms with E-state index in [4.69, 9.17) is 4.74 Å². The van der Waals surface area contributed by atoms with E-state index in [-0.39, 0.29) is 34.4 Å². The third kappa shape index (κ3) is 2.00. The first kappa shape index (κ1) is 18.2. The molecule has 0 saturated heterocycles. The fourth-order valence-corrected chi connectivity index (χ4v) is 7.75. The molecular formula is C22H32O4. The van der Waals surface area contributed by atoms with Crippen LogP contribution < -0.4 is 0 Å². The molecule has 0 radical (unpaired) electrons. The van der Waals surface area contributed by atoms with Crippen LogP contribution in [0.15, 0.2) is 12.2 Å². The van der Waals surface area contributed by atoms with Crippen LogP contribution in [0.25, 0.3) is 0 Å². The Morgan fingerprint density at radius 2 is 1.88 bits per heavy atom. The molecule has 2 bridgehead atoms. The van der Waals surface area contributed by atoms with Crippen molar-refractivity contribution < 1.29 is 19.4 Å². The minimum atomic E-state index is -0.982. The topological polar surface area (TPSA) is 63.6 Å². The molecular weight excluding hydrogens is 328 g/mol. The van der Waals surface area contributed by atoms with Crippen LogP contribution in [-0.4, -0.2) is 29.1 Å². The number of ketones is 1. The van der Waals surface area contributed by atoms with Gasteiger partial charge in [-0.25, -0.2) is 0 Å². The standard InChI is InChI=1S/C22H32O4/c1-12-14-7-8-15-21(5)10-6-9-20(3,4)16(21)11-17(26-13(2)23)22(15,18(12)24)19(14)25/h14-17,19,25H,1,6-11H2,2-5H3. The van der Waals surface area contributed by atoms with Gasteiger partial charge in [-0.15, -0.1) is 0 Å². The minimum absolute atomic E-state index is 0.00930. The summed E-state index contributed by atoms with van der Waals surface area (Å²) in [4.78, 5) is 25.4. The molecule has 144 valence electrons. The first-order chi connectivity index (χ1) is 12.1. The molecule has 0 aromatic heterocycles. The average Bonchev–Trinajstić information content (AvgIpc) is 2.65. The Kier molecular flexibility index (Phi) is 3.81. The molecule has 0 heterocycles. The fraction of sp³-hybridized carbons (Fsp3) is 0.818. The van der Waals surface area contributed by atoms with Gasteiger partial charge in [-0.1, -0.05) is 33.8 Å². The maximum atomic E-state index is 13.5. The summed E-state index contributed by atoms with van der Waals surface area (Å²) in [5.41, 5.74) is -0.295. The van der Waals surface area contributed by atoms with Crippen molar-refractivity contribution in [1.82, 2.24) is 0 Å². The highest BCUT2D eigenvalue weighted by atomic mass is 16.5. The predicted molar refractivity (Wildman–Crippen MR) is 98.2 cm³/mol. The lowest BCUT2D eigenvalue weighted by atomic mass is 9.40. The largest absolute Gasteiger partial charge is 0.461 e. The summed E-state index contributed by atoms with van der Waals surface area (Å²) < 4.78 is 5.80. The van der Waals surface area contributed by atoms with Crippen LogP contribution in [0, 0.1) is 34.0 Å². The molecule has 4 aliphatic rings. The van der Waals surface area contributed by atoms with E-state index in [1.54, 1.807) is 0 Å². The summed E-state index contributed by atoms with van der Waals surface area (Å²) >= 11 is 0. The smallest absolute Gasteiger partial charge is 0.302 e. The molecule has 4 fully saturated rings. The minimum Gasteiger partial charge on any atom is -0.461 e. The summed E-state index contributed by atoms with van der Waals surface area (Å²) in [6.45, 7) is 12.4. The van der Waals surface area contributed by atoms with Crippen LogP contribution in [-0.2, 0) is 14.3 Å². The van der Waals surface area contributed by atoms with E-state index >= 15 is 0 Å². The SMILES string of the molecule is C=C1C(=O)C23C(OC(C)=O)CC4C(C)(C)CCCC4(C)C2CCC1C3O. The van der Waals surface area contributed by atoms with Crippen LogP contribution >= 0.6 is 0 Å². The molecule has 1 spiro atoms. The van der Waals surface area contributed by atoms with Crippen molar-refractivity contribution in [3.8, 4) is 0 Å². The molecule has 0 aromatic rings. The van der Waals surface area contributed by atoms with Gasteiger partial charge < -0.3 is 9.84 Å². The second kappa shape index (κ2) is 5.43. The van der Waals surface area contributed by atoms with Gasteiger partial charge >= 0.3 is 5.97 Å². The van der Waals surface area contributed by atoms with E-state index < -0.39 is 17.6 Å². The van der Waals surface area contributed by atoms with E-state index in [0.29, 0.717) is 17.9 Å². The molecule has 1 N–H and O–H groups in total. The predicted octanol–water partition coefficient (Wildman–Crippen LogP) is 3.67. The van der Waals surface area contributed by atoms with Crippen molar-refractivity contribution in [2.45, 2.75) is 78.4 Å². The number of esters is 1. The summed E-state index contributed by atoms with van der Waals surface area (Å²) in [6.07, 6.45) is 4.48. The number of carbonyl (C=O) groups excluding carboxylic acids is 2. The van der Waals surface area contributed by atoms with Gasteiger partial charge in [-0.3, -0.25) is 9.59 Å². The first-order valence-electron chi connectivity index (χ1n) is 10.2. The van der Waals surface area contributed by atoms with E-state index in [0.717, 1.165) is 32.1 Å². The second-order valence-corrected chi connectivity index (χ2v) is 10.2. The highest BCUT2D eigenvalue weighted by molar-refractivity contribution is 6.04. The number of carbonyl (C=O) groups is 2. The first-order valence-corrected chi connectivity index (χ1v) is 10.2. The number of hydrogen-bond acceptors (Lipinski definition) is 4. The Balaban J connectivity index is 1.90. The van der Waals surface area contributed by atoms with E-state index in [9.17, 15) is 14.7 Å². The number of hydrogen-bond donors (Lipinski definition) is 1. The lowest BCUT2D eigenvalue weighted by Gasteiger charge is -2.65. The number of rotatable bonds is 1.